The van der Waals surface area contributed by atoms with Gasteiger partial charge >= 0.3 is 0 Å². The second-order valence-corrected chi connectivity index (χ2v) is 16.3. The predicted octanol–water partition coefficient (Wildman–Crippen LogP) is 14.7. The molecular formula is C51H33NOS. The SMILES string of the molecule is CC1(C)c2ccccc2-c2ccc(-c3ccc4c(c3)c3ccccc3n4-c3ccc4oc5cccc(-c6cccc7sc8ccccc8c67)c5c4c3)cc21. The minimum Gasteiger partial charge on any atom is -0.456 e. The summed E-state index contributed by atoms with van der Waals surface area (Å²) in [6, 6.07) is 60.3. The molecule has 0 bridgehead atoms. The topological polar surface area (TPSA) is 18.1 Å². The van der Waals surface area contributed by atoms with Crippen molar-refractivity contribution in [3.63, 3.8) is 0 Å². The van der Waals surface area contributed by atoms with Gasteiger partial charge in [0, 0.05) is 52.8 Å². The second-order valence-electron chi connectivity index (χ2n) is 15.3. The number of nitrogens with zero attached hydrogens (tertiary/aromatic N) is 1. The molecule has 0 atom stereocenters. The van der Waals surface area contributed by atoms with Gasteiger partial charge < -0.3 is 8.98 Å². The van der Waals surface area contributed by atoms with Gasteiger partial charge in [-0.3, -0.25) is 0 Å². The van der Waals surface area contributed by atoms with Crippen molar-refractivity contribution in [2.24, 2.45) is 0 Å². The summed E-state index contributed by atoms with van der Waals surface area (Å²) in [6.45, 7) is 4.71. The van der Waals surface area contributed by atoms with Gasteiger partial charge in [-0.05, 0) is 105 Å². The molecule has 12 rings (SSSR count). The fourth-order valence-corrected chi connectivity index (χ4v) is 10.6. The number of rotatable bonds is 3. The van der Waals surface area contributed by atoms with Crippen molar-refractivity contribution in [1.29, 1.82) is 0 Å². The molecule has 0 radical (unpaired) electrons. The lowest BCUT2D eigenvalue weighted by Gasteiger charge is -2.22. The van der Waals surface area contributed by atoms with E-state index in [0.717, 1.165) is 27.6 Å². The van der Waals surface area contributed by atoms with Crippen molar-refractivity contribution in [2.45, 2.75) is 19.3 Å². The van der Waals surface area contributed by atoms with Crippen molar-refractivity contribution in [3.8, 4) is 39.1 Å². The van der Waals surface area contributed by atoms with E-state index >= 15 is 0 Å². The lowest BCUT2D eigenvalue weighted by Crippen LogP contribution is -2.14. The molecule has 0 spiro atoms. The summed E-state index contributed by atoms with van der Waals surface area (Å²) in [6.07, 6.45) is 0. The maximum Gasteiger partial charge on any atom is 0.136 e. The van der Waals surface area contributed by atoms with Gasteiger partial charge in [0.15, 0.2) is 0 Å². The molecular weight excluding hydrogens is 675 g/mol. The maximum atomic E-state index is 6.57. The minimum absolute atomic E-state index is 0.0398. The normalized spacial score (nSPS) is 13.5. The fraction of sp³-hybridized carbons (Fsp3) is 0.0588. The molecule has 0 saturated heterocycles. The monoisotopic (exact) mass is 707 g/mol. The largest absolute Gasteiger partial charge is 0.456 e. The summed E-state index contributed by atoms with van der Waals surface area (Å²) in [5.74, 6) is 0. The fourth-order valence-electron chi connectivity index (χ4n) is 9.49. The zero-order chi connectivity index (χ0) is 35.7. The van der Waals surface area contributed by atoms with E-state index in [2.05, 4.69) is 182 Å². The lowest BCUT2D eigenvalue weighted by molar-refractivity contribution is 0.660. The van der Waals surface area contributed by atoms with Gasteiger partial charge in [0.05, 0.1) is 11.0 Å². The van der Waals surface area contributed by atoms with E-state index in [4.69, 9.17) is 4.42 Å². The highest BCUT2D eigenvalue weighted by Crippen LogP contribution is 2.50. The van der Waals surface area contributed by atoms with Gasteiger partial charge in [-0.1, -0.05) is 117 Å². The third kappa shape index (κ3) is 4.05. The summed E-state index contributed by atoms with van der Waals surface area (Å²) in [7, 11) is 0. The highest BCUT2D eigenvalue weighted by molar-refractivity contribution is 7.25. The number of hydrogen-bond acceptors (Lipinski definition) is 2. The highest BCUT2D eigenvalue weighted by atomic mass is 32.1. The highest BCUT2D eigenvalue weighted by Gasteiger charge is 2.35. The van der Waals surface area contributed by atoms with Crippen LogP contribution in [0.5, 0.6) is 0 Å². The van der Waals surface area contributed by atoms with E-state index in [-0.39, 0.29) is 5.41 Å². The van der Waals surface area contributed by atoms with Crippen molar-refractivity contribution >= 4 is 75.3 Å². The van der Waals surface area contributed by atoms with Crippen molar-refractivity contribution < 1.29 is 4.42 Å². The molecule has 0 aliphatic heterocycles. The maximum absolute atomic E-state index is 6.57. The molecule has 1 aliphatic carbocycles. The van der Waals surface area contributed by atoms with Crippen LogP contribution in [0.2, 0.25) is 0 Å². The molecule has 0 saturated carbocycles. The molecule has 3 heteroatoms. The van der Waals surface area contributed by atoms with Crippen LogP contribution < -0.4 is 0 Å². The Morgan fingerprint density at radius 3 is 2.06 bits per heavy atom. The first-order chi connectivity index (χ1) is 26.5. The van der Waals surface area contributed by atoms with E-state index in [1.54, 1.807) is 0 Å². The van der Waals surface area contributed by atoms with E-state index in [1.165, 1.54) is 86.5 Å². The number of furan rings is 1. The molecule has 254 valence electrons. The third-order valence-electron chi connectivity index (χ3n) is 12.0. The van der Waals surface area contributed by atoms with E-state index in [9.17, 15) is 0 Å². The molecule has 2 nitrogen and oxygen atoms in total. The van der Waals surface area contributed by atoms with E-state index in [0.29, 0.717) is 0 Å². The Bertz CT molecular complexity index is 3370. The lowest BCUT2D eigenvalue weighted by atomic mass is 9.81. The first kappa shape index (κ1) is 30.1. The zero-order valence-corrected chi connectivity index (χ0v) is 30.7. The van der Waals surface area contributed by atoms with Crippen LogP contribution >= 0.6 is 11.3 Å². The van der Waals surface area contributed by atoms with Gasteiger partial charge in [0.2, 0.25) is 0 Å². The average molecular weight is 708 g/mol. The Morgan fingerprint density at radius 2 is 1.13 bits per heavy atom. The molecule has 0 amide bonds. The Balaban J connectivity index is 1.05. The molecule has 0 unspecified atom stereocenters. The van der Waals surface area contributed by atoms with Crippen LogP contribution in [0.4, 0.5) is 0 Å². The summed E-state index contributed by atoms with van der Waals surface area (Å²) in [5.41, 5.74) is 15.7. The van der Waals surface area contributed by atoms with Crippen LogP contribution in [0.3, 0.4) is 0 Å². The van der Waals surface area contributed by atoms with Crippen LogP contribution in [-0.4, -0.2) is 4.57 Å². The van der Waals surface area contributed by atoms with Gasteiger partial charge in [-0.25, -0.2) is 0 Å². The van der Waals surface area contributed by atoms with Gasteiger partial charge in [0.25, 0.3) is 0 Å². The minimum atomic E-state index is -0.0398. The molecule has 0 N–H and O–H groups in total. The molecule has 0 fully saturated rings. The zero-order valence-electron chi connectivity index (χ0n) is 29.9. The smallest absolute Gasteiger partial charge is 0.136 e. The number of aromatic nitrogens is 1. The van der Waals surface area contributed by atoms with E-state index < -0.39 is 0 Å². The van der Waals surface area contributed by atoms with Crippen molar-refractivity contribution in [1.82, 2.24) is 4.57 Å². The number of para-hydroxylation sites is 1. The van der Waals surface area contributed by atoms with Crippen LogP contribution in [-0.2, 0) is 5.41 Å². The number of benzene rings is 8. The molecule has 3 heterocycles. The van der Waals surface area contributed by atoms with Crippen LogP contribution in [0.1, 0.15) is 25.0 Å². The molecule has 1 aliphatic rings. The van der Waals surface area contributed by atoms with Gasteiger partial charge in [-0.2, -0.15) is 0 Å². The van der Waals surface area contributed by atoms with Crippen LogP contribution in [0.15, 0.2) is 168 Å². The molecule has 8 aromatic carbocycles. The number of thiophene rings is 1. The van der Waals surface area contributed by atoms with E-state index in [1.807, 2.05) is 11.3 Å². The Hall–Kier alpha value is -6.42. The Labute approximate surface area is 316 Å². The Kier molecular flexibility index (Phi) is 6.03. The van der Waals surface area contributed by atoms with Crippen molar-refractivity contribution in [3.05, 3.63) is 175 Å². The third-order valence-corrected chi connectivity index (χ3v) is 13.2. The van der Waals surface area contributed by atoms with Gasteiger partial charge in [-0.15, -0.1) is 11.3 Å². The first-order valence-corrected chi connectivity index (χ1v) is 19.5. The average Bonchev–Trinajstić information content (AvgIpc) is 3.94. The first-order valence-electron chi connectivity index (χ1n) is 18.7. The standard InChI is InChI=1S/C51H33NOS/c1-51(2)41-16-6-3-11-33(41)34-24-21-31(28-42(34)51)30-22-25-44-39(27-30)35-12-4-7-17-43(35)52(44)32-23-26-45-40(29-32)49-36(14-9-18-46(49)53-45)37-15-10-20-48-50(37)38-13-5-8-19-47(38)54-48/h3-29H,1-2H3. The summed E-state index contributed by atoms with van der Waals surface area (Å²) in [4.78, 5) is 0. The quantitative estimate of drug-likeness (QED) is 0.179. The second kappa shape index (κ2) is 10.8. The van der Waals surface area contributed by atoms with Gasteiger partial charge in [0.1, 0.15) is 11.2 Å². The summed E-state index contributed by atoms with van der Waals surface area (Å²) >= 11 is 1.86. The molecule has 11 aromatic rings. The van der Waals surface area contributed by atoms with Crippen LogP contribution in [0.25, 0.3) is 103 Å². The molecule has 3 aromatic heterocycles. The Morgan fingerprint density at radius 1 is 0.444 bits per heavy atom. The van der Waals surface area contributed by atoms with Crippen molar-refractivity contribution in [2.75, 3.05) is 0 Å². The number of fused-ring (bicyclic) bond motifs is 12. The van der Waals surface area contributed by atoms with Crippen LogP contribution in [0, 0.1) is 0 Å². The predicted molar refractivity (Wildman–Crippen MR) is 229 cm³/mol. The number of hydrogen-bond donors (Lipinski definition) is 0. The summed E-state index contributed by atoms with van der Waals surface area (Å²) in [5, 5.41) is 7.39. The molecule has 54 heavy (non-hydrogen) atoms. The summed E-state index contributed by atoms with van der Waals surface area (Å²) < 4.78 is 11.6.